The number of anilines is 3. The number of aromatic nitrogens is 4. The third-order valence-corrected chi connectivity index (χ3v) is 4.87. The molecule has 4 rings (SSSR count). The summed E-state index contributed by atoms with van der Waals surface area (Å²) in [5, 5.41) is 4.02. The number of fused-ring (bicyclic) bond motifs is 1. The van der Waals surface area contributed by atoms with Gasteiger partial charge in [-0.25, -0.2) is 9.97 Å². The highest BCUT2D eigenvalue weighted by Crippen LogP contribution is 2.27. The number of nitrogens with one attached hydrogen (secondary N) is 1. The number of halogens is 1. The Morgan fingerprint density at radius 2 is 1.85 bits per heavy atom. The molecule has 0 amide bonds. The number of hydrogen-bond donors (Lipinski definition) is 1. The molecule has 1 aliphatic rings. The van der Waals surface area contributed by atoms with Crippen LogP contribution in [0.1, 0.15) is 19.4 Å². The third kappa shape index (κ3) is 3.79. The minimum Gasteiger partial charge on any atom is -0.372 e. The zero-order valence-corrected chi connectivity index (χ0v) is 16.2. The van der Waals surface area contributed by atoms with E-state index in [1.54, 1.807) is 12.4 Å². The summed E-state index contributed by atoms with van der Waals surface area (Å²) in [5.41, 5.74) is 3.03. The molecule has 1 saturated heterocycles. The van der Waals surface area contributed by atoms with Crippen molar-refractivity contribution in [1.29, 1.82) is 0 Å². The van der Waals surface area contributed by atoms with Gasteiger partial charge in [0.25, 0.3) is 0 Å². The first-order valence-corrected chi connectivity index (χ1v) is 9.30. The molecule has 1 N–H and O–H groups in total. The minimum absolute atomic E-state index is 0.113. The lowest BCUT2D eigenvalue weighted by Gasteiger charge is -2.35. The molecule has 0 unspecified atom stereocenters. The normalized spacial score (nSPS) is 20.1. The largest absolute Gasteiger partial charge is 0.372 e. The number of hydrogen-bond acceptors (Lipinski definition) is 7. The van der Waals surface area contributed by atoms with Crippen LogP contribution in [0.15, 0.2) is 30.6 Å². The van der Waals surface area contributed by atoms with E-state index in [4.69, 9.17) is 21.3 Å². The molecule has 3 aromatic rings. The number of aryl methyl sites for hydroxylation is 1. The van der Waals surface area contributed by atoms with E-state index >= 15 is 0 Å². The van der Waals surface area contributed by atoms with Gasteiger partial charge in [-0.15, -0.1) is 0 Å². The maximum Gasteiger partial charge on any atom is 0.229 e. The van der Waals surface area contributed by atoms with Gasteiger partial charge in [0.2, 0.25) is 5.95 Å². The Balaban J connectivity index is 1.75. The molecule has 0 saturated carbocycles. The van der Waals surface area contributed by atoms with Crippen LogP contribution in [0.5, 0.6) is 0 Å². The Hall–Kier alpha value is -2.51. The summed E-state index contributed by atoms with van der Waals surface area (Å²) in [6, 6.07) is 5.80. The molecule has 1 aliphatic heterocycles. The second-order valence-corrected chi connectivity index (χ2v) is 7.26. The molecule has 2 aromatic heterocycles. The Kier molecular flexibility index (Phi) is 4.80. The van der Waals surface area contributed by atoms with Crippen molar-refractivity contribution in [3.05, 3.63) is 41.2 Å². The lowest BCUT2D eigenvalue weighted by atomic mass is 10.2. The smallest absolute Gasteiger partial charge is 0.229 e. The monoisotopic (exact) mass is 384 g/mol. The summed E-state index contributed by atoms with van der Waals surface area (Å²) < 4.78 is 5.82. The summed E-state index contributed by atoms with van der Waals surface area (Å²) in [6.45, 7) is 7.53. The van der Waals surface area contributed by atoms with Crippen LogP contribution in [0.4, 0.5) is 17.5 Å². The first-order chi connectivity index (χ1) is 13.0. The average Bonchev–Trinajstić information content (AvgIpc) is 2.64. The van der Waals surface area contributed by atoms with E-state index in [1.807, 2.05) is 25.1 Å². The molecular weight excluding hydrogens is 364 g/mol. The fraction of sp³-hybridized carbons (Fsp3) is 0.368. The quantitative estimate of drug-likeness (QED) is 0.737. The van der Waals surface area contributed by atoms with Crippen LogP contribution in [-0.4, -0.2) is 45.2 Å². The van der Waals surface area contributed by atoms with Gasteiger partial charge in [0.15, 0.2) is 17.0 Å². The minimum atomic E-state index is 0.113. The lowest BCUT2D eigenvalue weighted by molar-refractivity contribution is -0.00569. The summed E-state index contributed by atoms with van der Waals surface area (Å²) in [7, 11) is 0. The van der Waals surface area contributed by atoms with Gasteiger partial charge in [0.05, 0.1) is 12.2 Å². The molecule has 1 fully saturated rings. The predicted octanol–water partition coefficient (Wildman–Crippen LogP) is 3.74. The summed E-state index contributed by atoms with van der Waals surface area (Å²) >= 11 is 6.26. The van der Waals surface area contributed by atoms with Gasteiger partial charge in [-0.1, -0.05) is 17.7 Å². The van der Waals surface area contributed by atoms with Gasteiger partial charge in [-0.3, -0.25) is 0 Å². The maximum absolute atomic E-state index is 6.26. The molecular formula is C19H21ClN6O. The van der Waals surface area contributed by atoms with Gasteiger partial charge in [-0.2, -0.15) is 9.97 Å². The molecule has 0 radical (unpaired) electrons. The molecule has 2 atom stereocenters. The highest BCUT2D eigenvalue weighted by Gasteiger charge is 2.25. The lowest BCUT2D eigenvalue weighted by Crippen LogP contribution is -2.46. The van der Waals surface area contributed by atoms with E-state index in [0.717, 1.165) is 24.3 Å². The van der Waals surface area contributed by atoms with E-state index < -0.39 is 0 Å². The Morgan fingerprint density at radius 1 is 1.11 bits per heavy atom. The Morgan fingerprint density at radius 3 is 2.59 bits per heavy atom. The van der Waals surface area contributed by atoms with Crippen LogP contribution in [0.25, 0.3) is 11.2 Å². The number of ether oxygens (including phenoxy) is 1. The summed E-state index contributed by atoms with van der Waals surface area (Å²) in [4.78, 5) is 20.3. The fourth-order valence-corrected chi connectivity index (χ4v) is 3.41. The van der Waals surface area contributed by atoms with Crippen molar-refractivity contribution in [1.82, 2.24) is 19.9 Å². The van der Waals surface area contributed by atoms with Crippen LogP contribution >= 0.6 is 11.6 Å². The second-order valence-electron chi connectivity index (χ2n) is 6.85. The fourth-order valence-electron chi connectivity index (χ4n) is 3.23. The molecule has 1 aromatic carbocycles. The molecule has 0 aliphatic carbocycles. The SMILES string of the molecule is Cc1ccc(Nc2nc(N3C[C@@H](C)O[C@@H](C)C3)nc3nccnc23)cc1Cl. The zero-order valence-electron chi connectivity index (χ0n) is 15.5. The van der Waals surface area contributed by atoms with Crippen LogP contribution in [0, 0.1) is 6.92 Å². The Labute approximate surface area is 162 Å². The van der Waals surface area contributed by atoms with Crippen molar-refractivity contribution in [3.8, 4) is 0 Å². The van der Waals surface area contributed by atoms with Crippen molar-refractivity contribution in [2.75, 3.05) is 23.3 Å². The maximum atomic E-state index is 6.26. The average molecular weight is 385 g/mol. The van der Waals surface area contributed by atoms with Crippen molar-refractivity contribution >= 4 is 40.2 Å². The molecule has 7 nitrogen and oxygen atoms in total. The number of nitrogens with zero attached hydrogens (tertiary/aromatic N) is 5. The van der Waals surface area contributed by atoms with Gasteiger partial charge >= 0.3 is 0 Å². The van der Waals surface area contributed by atoms with Gasteiger partial charge in [-0.05, 0) is 38.5 Å². The molecule has 140 valence electrons. The molecule has 8 heteroatoms. The van der Waals surface area contributed by atoms with Gasteiger partial charge in [0, 0.05) is 36.2 Å². The number of benzene rings is 1. The topological polar surface area (TPSA) is 76.1 Å². The first-order valence-electron chi connectivity index (χ1n) is 8.92. The Bertz CT molecular complexity index is 972. The zero-order chi connectivity index (χ0) is 19.0. The highest BCUT2D eigenvalue weighted by molar-refractivity contribution is 6.31. The van der Waals surface area contributed by atoms with Crippen molar-refractivity contribution < 1.29 is 4.74 Å². The summed E-state index contributed by atoms with van der Waals surface area (Å²) in [6.07, 6.45) is 3.50. The molecule has 0 bridgehead atoms. The van der Waals surface area contributed by atoms with E-state index in [9.17, 15) is 0 Å². The van der Waals surface area contributed by atoms with Gasteiger partial charge in [0.1, 0.15) is 0 Å². The number of morpholine rings is 1. The molecule has 27 heavy (non-hydrogen) atoms. The van der Waals surface area contributed by atoms with E-state index in [1.165, 1.54) is 0 Å². The summed E-state index contributed by atoms with van der Waals surface area (Å²) in [5.74, 6) is 1.22. The van der Waals surface area contributed by atoms with Crippen molar-refractivity contribution in [2.45, 2.75) is 33.0 Å². The van der Waals surface area contributed by atoms with Crippen LogP contribution in [-0.2, 0) is 4.74 Å². The van der Waals surface area contributed by atoms with E-state index in [2.05, 4.69) is 39.0 Å². The van der Waals surface area contributed by atoms with Crippen molar-refractivity contribution in [3.63, 3.8) is 0 Å². The van der Waals surface area contributed by atoms with Crippen LogP contribution in [0.3, 0.4) is 0 Å². The molecule has 0 spiro atoms. The molecule has 3 heterocycles. The van der Waals surface area contributed by atoms with Crippen LogP contribution in [0.2, 0.25) is 5.02 Å². The van der Waals surface area contributed by atoms with E-state index in [0.29, 0.717) is 28.0 Å². The van der Waals surface area contributed by atoms with E-state index in [-0.39, 0.29) is 12.2 Å². The third-order valence-electron chi connectivity index (χ3n) is 4.46. The second kappa shape index (κ2) is 7.25. The predicted molar refractivity (Wildman–Crippen MR) is 107 cm³/mol. The number of rotatable bonds is 3. The highest BCUT2D eigenvalue weighted by atomic mass is 35.5. The van der Waals surface area contributed by atoms with Gasteiger partial charge < -0.3 is 15.0 Å². The first kappa shape index (κ1) is 17.9. The van der Waals surface area contributed by atoms with Crippen molar-refractivity contribution in [2.24, 2.45) is 0 Å². The van der Waals surface area contributed by atoms with Crippen LogP contribution < -0.4 is 10.2 Å². The standard InChI is InChI=1S/C19H21ClN6O/c1-11-4-5-14(8-15(11)20)23-18-16-17(22-7-6-21-16)24-19(25-18)26-9-12(2)27-13(3)10-26/h4-8,12-13H,9-10H2,1-3H3,(H,22,23,24,25)/t12-,13+.